The summed E-state index contributed by atoms with van der Waals surface area (Å²) in [6.45, 7) is 0. The van der Waals surface area contributed by atoms with E-state index in [1.54, 1.807) is 11.3 Å². The zero-order valence-corrected chi connectivity index (χ0v) is 11.8. The van der Waals surface area contributed by atoms with E-state index in [9.17, 15) is 0 Å². The van der Waals surface area contributed by atoms with Crippen molar-refractivity contribution in [1.29, 1.82) is 0 Å². The zero-order valence-electron chi connectivity index (χ0n) is 6.19. The number of thiazole rings is 1. The third-order valence-electron chi connectivity index (χ3n) is 1.36. The molecule has 0 spiro atoms. The van der Waals surface area contributed by atoms with Crippen LogP contribution in [0.4, 0.5) is 0 Å². The molecule has 2 rings (SSSR count). The van der Waals surface area contributed by atoms with Crippen LogP contribution in [0.1, 0.15) is 0 Å². The topological polar surface area (TPSA) is 12.9 Å². The number of fused-ring (bicyclic) bond motifs is 1. The van der Waals surface area contributed by atoms with E-state index >= 15 is 0 Å². The summed E-state index contributed by atoms with van der Waals surface area (Å²) in [4.78, 5) is 5.17. The summed E-state index contributed by atoms with van der Waals surface area (Å²) in [5, 5.41) is 0. The van der Waals surface area contributed by atoms with Crippen molar-refractivity contribution in [3.63, 3.8) is 0 Å². The van der Waals surface area contributed by atoms with Crippen LogP contribution >= 0.6 is 36.6 Å². The molecule has 5 heteroatoms. The average Bonchev–Trinajstić information content (AvgIpc) is 2.27. The minimum Gasteiger partial charge on any atom is -0.230 e. The van der Waals surface area contributed by atoms with Crippen molar-refractivity contribution < 1.29 is 19.5 Å². The summed E-state index contributed by atoms with van der Waals surface area (Å²) >= 11 is 9.95. The van der Waals surface area contributed by atoms with Gasteiger partial charge in [0.2, 0.25) is 0 Å². The molecule has 0 N–H and O–H groups in total. The molecule has 0 aliphatic heterocycles. The first-order valence-corrected chi connectivity index (χ1v) is 4.75. The Morgan fingerprint density at radius 2 is 2.00 bits per heavy atom. The molecule has 0 amide bonds. The molecule has 1 heterocycles. The van der Waals surface area contributed by atoms with Gasteiger partial charge in [0.15, 0.2) is 0 Å². The van der Waals surface area contributed by atoms with Gasteiger partial charge < -0.3 is 0 Å². The van der Waals surface area contributed by atoms with Gasteiger partial charge in [0.05, 0.1) is 10.2 Å². The Labute approximate surface area is 98.2 Å². The Balaban J connectivity index is 0.000000720. The SMILES string of the molecule is Sc1ccc2nc(S)sc2c1.[Zn]. The van der Waals surface area contributed by atoms with E-state index in [0.29, 0.717) is 0 Å². The van der Waals surface area contributed by atoms with Crippen LogP contribution in [0.15, 0.2) is 27.4 Å². The zero-order chi connectivity index (χ0) is 7.84. The van der Waals surface area contributed by atoms with E-state index in [2.05, 4.69) is 30.2 Å². The van der Waals surface area contributed by atoms with Crippen molar-refractivity contribution >= 4 is 46.8 Å². The van der Waals surface area contributed by atoms with Gasteiger partial charge in [-0.2, -0.15) is 0 Å². The van der Waals surface area contributed by atoms with Crippen LogP contribution < -0.4 is 0 Å². The van der Waals surface area contributed by atoms with Gasteiger partial charge in [0.25, 0.3) is 0 Å². The number of benzene rings is 1. The number of hydrogen-bond donors (Lipinski definition) is 2. The average molecular weight is 265 g/mol. The molecule has 58 valence electrons. The molecule has 12 heavy (non-hydrogen) atoms. The van der Waals surface area contributed by atoms with E-state index in [1.807, 2.05) is 18.2 Å². The second-order valence-electron chi connectivity index (χ2n) is 2.15. The maximum atomic E-state index is 4.22. The van der Waals surface area contributed by atoms with E-state index in [4.69, 9.17) is 0 Å². The molecule has 0 bridgehead atoms. The minimum atomic E-state index is 0. The second kappa shape index (κ2) is 4.10. The summed E-state index contributed by atoms with van der Waals surface area (Å²) in [6.07, 6.45) is 0. The molecule has 0 unspecified atom stereocenters. The molecule has 1 aromatic heterocycles. The summed E-state index contributed by atoms with van der Waals surface area (Å²) in [5.74, 6) is 0. The predicted molar refractivity (Wildman–Crippen MR) is 54.1 cm³/mol. The summed E-state index contributed by atoms with van der Waals surface area (Å²) in [7, 11) is 0. The monoisotopic (exact) mass is 263 g/mol. The number of rotatable bonds is 0. The Morgan fingerprint density at radius 1 is 1.25 bits per heavy atom. The molecule has 0 saturated carbocycles. The summed E-state index contributed by atoms with van der Waals surface area (Å²) < 4.78 is 1.95. The third-order valence-corrected chi connectivity index (χ3v) is 2.83. The van der Waals surface area contributed by atoms with Gasteiger partial charge in [0.1, 0.15) is 4.34 Å². The first-order valence-electron chi connectivity index (χ1n) is 3.04. The molecule has 2 aromatic rings. The van der Waals surface area contributed by atoms with E-state index in [-0.39, 0.29) is 19.5 Å². The molecular weight excluding hydrogens is 260 g/mol. The normalized spacial score (nSPS) is 9.83. The first-order chi connectivity index (χ1) is 5.25. The summed E-state index contributed by atoms with van der Waals surface area (Å²) in [5.41, 5.74) is 0.998. The van der Waals surface area contributed by atoms with Crippen molar-refractivity contribution in [3.8, 4) is 0 Å². The second-order valence-corrected chi connectivity index (χ2v) is 4.42. The fourth-order valence-electron chi connectivity index (χ4n) is 0.901. The van der Waals surface area contributed by atoms with E-state index in [0.717, 1.165) is 19.5 Å². The fourth-order valence-corrected chi connectivity index (χ4v) is 2.34. The molecule has 1 nitrogen and oxygen atoms in total. The summed E-state index contributed by atoms with van der Waals surface area (Å²) in [6, 6.07) is 5.88. The number of thiol groups is 2. The van der Waals surface area contributed by atoms with Crippen LogP contribution in [0.25, 0.3) is 10.2 Å². The van der Waals surface area contributed by atoms with Gasteiger partial charge in [-0.25, -0.2) is 4.98 Å². The Hall–Kier alpha value is 0.433. The van der Waals surface area contributed by atoms with Crippen molar-refractivity contribution in [2.75, 3.05) is 0 Å². The van der Waals surface area contributed by atoms with E-state index < -0.39 is 0 Å². The Bertz CT molecular complexity index is 398. The van der Waals surface area contributed by atoms with Crippen molar-refractivity contribution in [1.82, 2.24) is 4.98 Å². The van der Waals surface area contributed by atoms with Gasteiger partial charge in [0, 0.05) is 24.4 Å². The van der Waals surface area contributed by atoms with Gasteiger partial charge in [-0.3, -0.25) is 0 Å². The van der Waals surface area contributed by atoms with Crippen LogP contribution in [-0.2, 0) is 19.5 Å². The van der Waals surface area contributed by atoms with Gasteiger partial charge in [-0.1, -0.05) is 0 Å². The Kier molecular flexibility index (Phi) is 3.59. The molecular formula is C7H5NS3Zn. The standard InChI is InChI=1S/C7H5NS3.Zn/c9-4-1-2-5-6(3-4)11-7(10)8-5;/h1-3,9H,(H,8,10);. The van der Waals surface area contributed by atoms with Crippen LogP contribution in [0.2, 0.25) is 0 Å². The van der Waals surface area contributed by atoms with Gasteiger partial charge >= 0.3 is 0 Å². The van der Waals surface area contributed by atoms with Gasteiger partial charge in [-0.15, -0.1) is 36.6 Å². The van der Waals surface area contributed by atoms with Crippen LogP contribution in [0, 0.1) is 0 Å². The maximum absolute atomic E-state index is 4.22. The number of hydrogen-bond acceptors (Lipinski definition) is 4. The van der Waals surface area contributed by atoms with Gasteiger partial charge in [-0.05, 0) is 18.2 Å². The predicted octanol–water partition coefficient (Wildman–Crippen LogP) is 2.87. The minimum absolute atomic E-state index is 0. The Morgan fingerprint density at radius 3 is 2.75 bits per heavy atom. The quantitative estimate of drug-likeness (QED) is 0.551. The van der Waals surface area contributed by atoms with E-state index in [1.165, 1.54) is 0 Å². The van der Waals surface area contributed by atoms with Crippen molar-refractivity contribution in [3.05, 3.63) is 18.2 Å². The number of aromatic nitrogens is 1. The maximum Gasteiger partial charge on any atom is 0.148 e. The molecule has 0 saturated heterocycles. The molecule has 0 atom stereocenters. The molecule has 1 aromatic carbocycles. The molecule has 0 aliphatic rings. The largest absolute Gasteiger partial charge is 0.230 e. The fraction of sp³-hybridized carbons (Fsp3) is 0. The molecule has 0 radical (unpaired) electrons. The third kappa shape index (κ3) is 2.02. The van der Waals surface area contributed by atoms with Crippen LogP contribution in [0.3, 0.4) is 0 Å². The molecule has 0 aliphatic carbocycles. The van der Waals surface area contributed by atoms with Crippen LogP contribution in [0.5, 0.6) is 0 Å². The first kappa shape index (κ1) is 10.5. The number of nitrogens with zero attached hydrogens (tertiary/aromatic N) is 1. The van der Waals surface area contributed by atoms with Crippen molar-refractivity contribution in [2.45, 2.75) is 9.24 Å². The molecule has 0 fully saturated rings. The van der Waals surface area contributed by atoms with Crippen LogP contribution in [-0.4, -0.2) is 4.98 Å². The van der Waals surface area contributed by atoms with Crippen molar-refractivity contribution in [2.24, 2.45) is 0 Å². The smallest absolute Gasteiger partial charge is 0.148 e.